The van der Waals surface area contributed by atoms with Crippen LogP contribution in [0.1, 0.15) is 89.7 Å². The van der Waals surface area contributed by atoms with Crippen LogP contribution in [0.25, 0.3) is 0 Å². The molecule has 6 unspecified atom stereocenters. The van der Waals surface area contributed by atoms with Crippen molar-refractivity contribution in [1.29, 1.82) is 0 Å². The number of alkyl halides is 1. The number of benzene rings is 2. The molecule has 0 aromatic heterocycles. The summed E-state index contributed by atoms with van der Waals surface area (Å²) in [7, 11) is 0. The van der Waals surface area contributed by atoms with E-state index in [-0.39, 0.29) is 69.8 Å². The number of halogens is 1. The average Bonchev–Trinajstić information content (AvgIpc) is 3.70. The van der Waals surface area contributed by atoms with Crippen molar-refractivity contribution in [1.82, 2.24) is 10.2 Å². The Balaban J connectivity index is 1.61. The van der Waals surface area contributed by atoms with Gasteiger partial charge in [-0.05, 0) is 107 Å². The van der Waals surface area contributed by atoms with Crippen molar-refractivity contribution in [3.8, 4) is 23.0 Å². The summed E-state index contributed by atoms with van der Waals surface area (Å²) < 4.78 is 37.2. The molecule has 1 fully saturated rings. The van der Waals surface area contributed by atoms with Gasteiger partial charge in [-0.15, -0.1) is 18.2 Å². The highest BCUT2D eigenvalue weighted by atomic mass is 35.5. The Morgan fingerprint density at radius 2 is 1.80 bits per heavy atom. The molecule has 60 heavy (non-hydrogen) atoms. The number of unbranched alkanes of at least 4 members (excludes halogenated alkanes) is 2. The fraction of sp³-hybridized carbons (Fsp3) is 0.578. The number of nitrogens with zero attached hydrogens (tertiary/aromatic N) is 2. The molecule has 0 saturated heterocycles. The summed E-state index contributed by atoms with van der Waals surface area (Å²) in [5, 5.41) is 27.4. The zero-order valence-electron chi connectivity index (χ0n) is 35.2. The molecule has 2 aromatic carbocycles. The van der Waals surface area contributed by atoms with Gasteiger partial charge in [-0.2, -0.15) is 0 Å². The van der Waals surface area contributed by atoms with E-state index in [2.05, 4.69) is 18.0 Å². The second kappa shape index (κ2) is 20.4. The maximum Gasteiger partial charge on any atom is 0.412 e. The van der Waals surface area contributed by atoms with E-state index in [1.54, 1.807) is 23.1 Å². The average molecular weight is 854 g/mol. The lowest BCUT2D eigenvalue weighted by atomic mass is 9.55. The molecular formula is C45H60ClN3O11. The van der Waals surface area contributed by atoms with E-state index in [9.17, 15) is 19.8 Å². The van der Waals surface area contributed by atoms with Crippen LogP contribution in [0.5, 0.6) is 23.0 Å². The number of carbonyl (C=O) groups is 2. The summed E-state index contributed by atoms with van der Waals surface area (Å²) in [5.74, 6) is -0.360. The molecule has 0 spiro atoms. The summed E-state index contributed by atoms with van der Waals surface area (Å²) >= 11 is 6.09. The van der Waals surface area contributed by atoms with Gasteiger partial charge in [-0.1, -0.05) is 36.2 Å². The number of rotatable bonds is 19. The molecule has 2 aromatic rings. The highest BCUT2D eigenvalue weighted by Crippen LogP contribution is 2.62. The van der Waals surface area contributed by atoms with E-state index < -0.39 is 35.5 Å². The molecule has 2 amide bonds. The van der Waals surface area contributed by atoms with Gasteiger partial charge in [-0.25, -0.2) is 9.59 Å². The number of oxime groups is 1. The molecule has 2 aliphatic carbocycles. The lowest BCUT2D eigenvalue weighted by Gasteiger charge is -2.60. The predicted molar refractivity (Wildman–Crippen MR) is 226 cm³/mol. The highest BCUT2D eigenvalue weighted by molar-refractivity contribution is 6.18. The maximum absolute atomic E-state index is 14.6. The minimum absolute atomic E-state index is 0.0114. The van der Waals surface area contributed by atoms with E-state index in [1.165, 1.54) is 0 Å². The molecule has 4 aliphatic rings. The number of nitrogens with one attached hydrogen (secondary N) is 1. The van der Waals surface area contributed by atoms with Gasteiger partial charge >= 0.3 is 12.2 Å². The number of hydrogen-bond acceptors (Lipinski definition) is 12. The second-order valence-electron chi connectivity index (χ2n) is 16.5. The molecular weight excluding hydrogens is 794 g/mol. The monoisotopic (exact) mass is 853 g/mol. The number of aliphatic hydroxyl groups excluding tert-OH is 2. The van der Waals surface area contributed by atoms with Crippen LogP contribution >= 0.6 is 11.6 Å². The van der Waals surface area contributed by atoms with Crippen LogP contribution in [0.3, 0.4) is 0 Å². The van der Waals surface area contributed by atoms with Gasteiger partial charge in [0.05, 0.1) is 24.1 Å². The summed E-state index contributed by atoms with van der Waals surface area (Å²) in [4.78, 5) is 35.1. The summed E-state index contributed by atoms with van der Waals surface area (Å²) in [6.07, 6.45) is 7.18. The van der Waals surface area contributed by atoms with Gasteiger partial charge in [0.25, 0.3) is 0 Å². The van der Waals surface area contributed by atoms with E-state index in [0.29, 0.717) is 48.1 Å². The number of carbonyl (C=O) groups excluding carboxylic acids is 2. The Kier molecular flexibility index (Phi) is 15.3. The number of hydrogen-bond donors (Lipinski definition) is 3. The molecule has 3 N–H and O–H groups in total. The standard InChI is InChI=1S/C45H60ClN3O11/c1-6-21-57-45-39(49(43(53)54-22-18-46)27-29-14-16-37-38(23-29)56-28-55-37)26-35(48-60-44(3,4)5)33-24-30(12-8-10-19-50)32(13-9-11-20-51)40(41(33)45)34-25-31(15-17-36(34)59-45)58-42(52)47-7-2/h6,14-17,23-25,30,32,39-41,50-51H,1,7-13,18-22,26-28H2,2-5H3,(H,47,52). The summed E-state index contributed by atoms with van der Waals surface area (Å²) in [5.41, 5.74) is 2.42. The third-order valence-corrected chi connectivity index (χ3v) is 11.5. The van der Waals surface area contributed by atoms with Gasteiger partial charge in [0.2, 0.25) is 12.6 Å². The lowest BCUT2D eigenvalue weighted by Crippen LogP contribution is -2.70. The van der Waals surface area contributed by atoms with Crippen molar-refractivity contribution in [3.63, 3.8) is 0 Å². The maximum atomic E-state index is 14.6. The molecule has 0 bridgehead atoms. The van der Waals surface area contributed by atoms with Crippen LogP contribution in [0, 0.1) is 17.8 Å². The van der Waals surface area contributed by atoms with E-state index in [1.807, 2.05) is 52.0 Å². The lowest BCUT2D eigenvalue weighted by molar-refractivity contribution is -0.256. The largest absolute Gasteiger partial charge is 0.459 e. The molecule has 14 nitrogen and oxygen atoms in total. The molecule has 6 atom stereocenters. The van der Waals surface area contributed by atoms with E-state index in [0.717, 1.165) is 42.4 Å². The summed E-state index contributed by atoms with van der Waals surface area (Å²) in [6, 6.07) is 10.0. The minimum Gasteiger partial charge on any atom is -0.459 e. The number of allylic oxidation sites excluding steroid dienone is 1. The van der Waals surface area contributed by atoms with Crippen molar-refractivity contribution in [2.75, 3.05) is 45.6 Å². The number of amides is 2. The van der Waals surface area contributed by atoms with Crippen molar-refractivity contribution in [2.45, 2.75) is 103 Å². The third kappa shape index (κ3) is 10.2. The van der Waals surface area contributed by atoms with Crippen molar-refractivity contribution in [2.24, 2.45) is 22.9 Å². The fourth-order valence-electron chi connectivity index (χ4n) is 8.94. The Morgan fingerprint density at radius 1 is 1.05 bits per heavy atom. The Bertz CT molecular complexity index is 1880. The van der Waals surface area contributed by atoms with Gasteiger partial charge in [-0.3, -0.25) is 4.90 Å². The Labute approximate surface area is 357 Å². The molecule has 1 saturated carbocycles. The van der Waals surface area contributed by atoms with Crippen LogP contribution in [-0.4, -0.2) is 96.1 Å². The first-order valence-electron chi connectivity index (χ1n) is 21.1. The van der Waals surface area contributed by atoms with Gasteiger partial charge in [0.15, 0.2) is 11.5 Å². The van der Waals surface area contributed by atoms with Crippen LogP contribution in [0.15, 0.2) is 65.9 Å². The Hall–Kier alpha value is -4.50. The quantitative estimate of drug-likeness (QED) is 0.0546. The number of ether oxygens (including phenoxy) is 6. The van der Waals surface area contributed by atoms with Crippen molar-refractivity contribution < 1.29 is 53.1 Å². The van der Waals surface area contributed by atoms with Gasteiger partial charge < -0.3 is 48.8 Å². The van der Waals surface area contributed by atoms with Crippen molar-refractivity contribution in [3.05, 3.63) is 71.8 Å². The zero-order valence-corrected chi connectivity index (χ0v) is 35.9. The van der Waals surface area contributed by atoms with Crippen LogP contribution in [0.4, 0.5) is 9.59 Å². The molecule has 0 radical (unpaired) electrons. The van der Waals surface area contributed by atoms with Crippen LogP contribution in [-0.2, 0) is 20.9 Å². The zero-order chi connectivity index (χ0) is 42.9. The normalized spacial score (nSPS) is 24.4. The third-order valence-electron chi connectivity index (χ3n) is 11.3. The highest BCUT2D eigenvalue weighted by Gasteiger charge is 2.66. The SMILES string of the molecule is C=CCOC12Oc3ccc(OC(=O)NCC)cc3C3C(CCCCO)C(CCCCO)C=C(C(=NOC(C)(C)C)CC1N(Cc1ccc4c(c1)OCO4)C(=O)OCCCl)C32. The molecule has 6 rings (SSSR count). The van der Waals surface area contributed by atoms with Crippen molar-refractivity contribution >= 4 is 29.5 Å². The topological polar surface area (TPSA) is 167 Å². The van der Waals surface area contributed by atoms with E-state index >= 15 is 0 Å². The smallest absolute Gasteiger partial charge is 0.412 e. The second-order valence-corrected chi connectivity index (χ2v) is 16.9. The van der Waals surface area contributed by atoms with Crippen LogP contribution in [0.2, 0.25) is 0 Å². The predicted octanol–water partition coefficient (Wildman–Crippen LogP) is 7.83. The first kappa shape index (κ1) is 45.0. The number of fused-ring (bicyclic) bond motifs is 3. The molecule has 328 valence electrons. The fourth-order valence-corrected chi connectivity index (χ4v) is 9.02. The molecule has 2 aliphatic heterocycles. The Morgan fingerprint density at radius 3 is 2.52 bits per heavy atom. The van der Waals surface area contributed by atoms with Gasteiger partial charge in [0.1, 0.15) is 29.7 Å². The van der Waals surface area contributed by atoms with Crippen LogP contribution < -0.4 is 24.3 Å². The van der Waals surface area contributed by atoms with Gasteiger partial charge in [0, 0.05) is 44.2 Å². The van der Waals surface area contributed by atoms with E-state index in [4.69, 9.17) is 50.0 Å². The first-order valence-corrected chi connectivity index (χ1v) is 21.6. The first-order chi connectivity index (χ1) is 29.0. The number of aliphatic hydroxyl groups is 2. The minimum atomic E-state index is -1.54. The summed E-state index contributed by atoms with van der Waals surface area (Å²) in [6.45, 7) is 12.3. The molecule has 15 heteroatoms. The molecule has 2 heterocycles.